The maximum absolute atomic E-state index is 15.4. The molecule has 32 heavy (non-hydrogen) atoms. The highest BCUT2D eigenvalue weighted by Crippen LogP contribution is 2.45. The summed E-state index contributed by atoms with van der Waals surface area (Å²) in [5.41, 5.74) is 3.14. The quantitative estimate of drug-likeness (QED) is 0.290. The number of thiophene rings is 1. The molecular formula is C29H28FNS. The molecule has 162 valence electrons. The minimum absolute atomic E-state index is 0.172. The lowest BCUT2D eigenvalue weighted by molar-refractivity contribution is 0.189. The number of piperidine rings is 1. The first-order chi connectivity index (χ1) is 15.7. The molecule has 0 bridgehead atoms. The third-order valence-corrected chi connectivity index (χ3v) is 8.61. The number of hydrogen-bond acceptors (Lipinski definition) is 2. The van der Waals surface area contributed by atoms with Crippen molar-refractivity contribution in [3.8, 4) is 0 Å². The molecule has 0 N–H and O–H groups in total. The van der Waals surface area contributed by atoms with Crippen LogP contribution in [-0.4, -0.2) is 24.0 Å². The van der Waals surface area contributed by atoms with Crippen LogP contribution >= 0.6 is 11.3 Å². The lowest BCUT2D eigenvalue weighted by Crippen LogP contribution is -2.36. The average molecular weight is 442 g/mol. The maximum Gasteiger partial charge on any atom is 0.131 e. The van der Waals surface area contributed by atoms with Crippen molar-refractivity contribution in [2.75, 3.05) is 13.1 Å². The molecule has 2 unspecified atom stereocenters. The monoisotopic (exact) mass is 441 g/mol. The zero-order chi connectivity index (χ0) is 21.7. The summed E-state index contributed by atoms with van der Waals surface area (Å²) >= 11 is 1.90. The topological polar surface area (TPSA) is 3.24 Å². The third-order valence-electron chi connectivity index (χ3n) is 7.50. The van der Waals surface area contributed by atoms with Gasteiger partial charge in [0.15, 0.2) is 0 Å². The third kappa shape index (κ3) is 3.39. The fraction of sp³-hybridized carbons (Fsp3) is 0.310. The predicted molar refractivity (Wildman–Crippen MR) is 136 cm³/mol. The fourth-order valence-corrected chi connectivity index (χ4v) is 7.17. The molecule has 2 aliphatic rings. The van der Waals surface area contributed by atoms with Crippen molar-refractivity contribution in [1.82, 2.24) is 4.90 Å². The first-order valence-electron chi connectivity index (χ1n) is 11.8. The summed E-state index contributed by atoms with van der Waals surface area (Å²) in [5.74, 6) is 0.445. The van der Waals surface area contributed by atoms with Gasteiger partial charge >= 0.3 is 0 Å². The molecule has 4 aromatic rings. The molecule has 2 atom stereocenters. The summed E-state index contributed by atoms with van der Waals surface area (Å²) in [6.45, 7) is 4.76. The molecule has 1 aromatic heterocycles. The molecule has 6 rings (SSSR count). The Kier molecular flexibility index (Phi) is 5.12. The van der Waals surface area contributed by atoms with Crippen molar-refractivity contribution in [2.24, 2.45) is 0 Å². The molecule has 2 aliphatic heterocycles. The van der Waals surface area contributed by atoms with Crippen LogP contribution in [0.15, 0.2) is 60.7 Å². The highest BCUT2D eigenvalue weighted by atomic mass is 32.1. The first kappa shape index (κ1) is 20.1. The van der Waals surface area contributed by atoms with Gasteiger partial charge in [0, 0.05) is 27.1 Å². The molecule has 3 heteroatoms. The molecule has 3 heterocycles. The van der Waals surface area contributed by atoms with E-state index in [0.29, 0.717) is 17.5 Å². The van der Waals surface area contributed by atoms with Crippen LogP contribution in [0.3, 0.4) is 0 Å². The number of aryl methyl sites for hydroxylation is 1. The van der Waals surface area contributed by atoms with E-state index in [2.05, 4.69) is 30.0 Å². The van der Waals surface area contributed by atoms with Crippen molar-refractivity contribution in [3.63, 3.8) is 0 Å². The van der Waals surface area contributed by atoms with E-state index >= 15 is 4.39 Å². The van der Waals surface area contributed by atoms with Crippen LogP contribution in [0.25, 0.3) is 32.8 Å². The van der Waals surface area contributed by atoms with E-state index in [0.717, 1.165) is 16.3 Å². The Morgan fingerprint density at radius 2 is 1.84 bits per heavy atom. The van der Waals surface area contributed by atoms with Crippen LogP contribution in [0.1, 0.15) is 53.2 Å². The molecule has 0 saturated carbocycles. The van der Waals surface area contributed by atoms with Gasteiger partial charge in [-0.2, -0.15) is 0 Å². The van der Waals surface area contributed by atoms with Crippen molar-refractivity contribution < 1.29 is 4.39 Å². The Balaban J connectivity index is 1.41. The van der Waals surface area contributed by atoms with Gasteiger partial charge < -0.3 is 0 Å². The Labute approximate surface area is 193 Å². The highest BCUT2D eigenvalue weighted by Gasteiger charge is 2.38. The van der Waals surface area contributed by atoms with Gasteiger partial charge in [-0.25, -0.2) is 4.39 Å². The van der Waals surface area contributed by atoms with E-state index in [1.54, 1.807) is 6.08 Å². The van der Waals surface area contributed by atoms with Crippen molar-refractivity contribution >= 4 is 44.1 Å². The molecule has 0 radical (unpaired) electrons. The smallest absolute Gasteiger partial charge is 0.131 e. The van der Waals surface area contributed by atoms with Crippen LogP contribution in [-0.2, 0) is 0 Å². The largest absolute Gasteiger partial charge is 0.300 e. The summed E-state index contributed by atoms with van der Waals surface area (Å²) in [7, 11) is 0. The van der Waals surface area contributed by atoms with Gasteiger partial charge in [0.05, 0.1) is 0 Å². The van der Waals surface area contributed by atoms with Crippen LogP contribution in [0.4, 0.5) is 4.39 Å². The second-order valence-electron chi connectivity index (χ2n) is 9.34. The van der Waals surface area contributed by atoms with Gasteiger partial charge in [-0.15, -0.1) is 11.3 Å². The number of rotatable bonds is 3. The van der Waals surface area contributed by atoms with Gasteiger partial charge in [0.25, 0.3) is 0 Å². The van der Waals surface area contributed by atoms with Crippen LogP contribution in [0.5, 0.6) is 0 Å². The van der Waals surface area contributed by atoms with Crippen LogP contribution in [0.2, 0.25) is 0 Å². The van der Waals surface area contributed by atoms with Gasteiger partial charge in [0.1, 0.15) is 5.83 Å². The van der Waals surface area contributed by atoms with Gasteiger partial charge in [-0.1, -0.05) is 55.0 Å². The average Bonchev–Trinajstić information content (AvgIpc) is 3.38. The fourth-order valence-electron chi connectivity index (χ4n) is 6.05. The van der Waals surface area contributed by atoms with E-state index < -0.39 is 0 Å². The molecular weight excluding hydrogens is 413 g/mol. The van der Waals surface area contributed by atoms with Crippen molar-refractivity contribution in [3.05, 3.63) is 82.2 Å². The Hall–Kier alpha value is -2.49. The number of hydrogen-bond donors (Lipinski definition) is 0. The lowest BCUT2D eigenvalue weighted by Gasteiger charge is -2.32. The summed E-state index contributed by atoms with van der Waals surface area (Å²) < 4.78 is 16.8. The van der Waals surface area contributed by atoms with E-state index in [4.69, 9.17) is 0 Å². The first-order valence-corrected chi connectivity index (χ1v) is 12.6. The molecule has 0 spiro atoms. The molecule has 1 nitrogen and oxygen atoms in total. The van der Waals surface area contributed by atoms with Gasteiger partial charge in [-0.3, -0.25) is 4.90 Å². The van der Waals surface area contributed by atoms with Gasteiger partial charge in [-0.05, 0) is 84.8 Å². The minimum Gasteiger partial charge on any atom is -0.300 e. The summed E-state index contributed by atoms with van der Waals surface area (Å²) in [6.07, 6.45) is 6.97. The number of benzene rings is 3. The van der Waals surface area contributed by atoms with E-state index in [1.807, 2.05) is 53.8 Å². The van der Waals surface area contributed by atoms with Crippen LogP contribution in [0, 0.1) is 6.92 Å². The van der Waals surface area contributed by atoms with E-state index in [1.165, 1.54) is 59.3 Å². The second-order valence-corrected chi connectivity index (χ2v) is 10.6. The standard InChI is InChI=1S/C29H28FNS/c1-19-29(24-14-16-31-15-5-4-11-27(24)31)25-17-20(12-13-28(25)32-19)18-26(30)23-10-6-8-21-7-2-3-9-22(21)23/h2-3,6-10,12-13,17-18,24,27H,4-5,11,14-16H2,1H3. The zero-order valence-electron chi connectivity index (χ0n) is 18.5. The molecule has 3 aromatic carbocycles. The Morgan fingerprint density at radius 3 is 2.78 bits per heavy atom. The Bertz CT molecular complexity index is 1330. The molecule has 0 amide bonds. The number of nitrogens with zero attached hydrogens (tertiary/aromatic N) is 1. The molecule has 2 saturated heterocycles. The second kappa shape index (κ2) is 8.13. The highest BCUT2D eigenvalue weighted by molar-refractivity contribution is 7.19. The zero-order valence-corrected chi connectivity index (χ0v) is 19.3. The summed E-state index contributed by atoms with van der Waals surface area (Å²) in [5, 5.41) is 3.36. The normalized spacial score (nSPS) is 22.0. The summed E-state index contributed by atoms with van der Waals surface area (Å²) in [4.78, 5) is 4.15. The van der Waals surface area contributed by atoms with Gasteiger partial charge in [0.2, 0.25) is 0 Å². The number of fused-ring (bicyclic) bond motifs is 3. The molecule has 2 fully saturated rings. The van der Waals surface area contributed by atoms with Crippen molar-refractivity contribution in [1.29, 1.82) is 0 Å². The number of halogens is 1. The minimum atomic E-state index is -0.172. The lowest BCUT2D eigenvalue weighted by atomic mass is 9.85. The maximum atomic E-state index is 15.4. The summed E-state index contributed by atoms with van der Waals surface area (Å²) in [6, 6.07) is 21.0. The Morgan fingerprint density at radius 1 is 0.969 bits per heavy atom. The van der Waals surface area contributed by atoms with E-state index in [9.17, 15) is 0 Å². The van der Waals surface area contributed by atoms with Crippen molar-refractivity contribution in [2.45, 2.75) is 44.6 Å². The molecule has 0 aliphatic carbocycles. The van der Waals surface area contributed by atoms with E-state index in [-0.39, 0.29) is 5.83 Å². The predicted octanol–water partition coefficient (Wildman–Crippen LogP) is 8.17. The SMILES string of the molecule is Cc1sc2ccc(C=C(F)c3cccc4ccccc34)cc2c1C1CCN2CCCCC12. The van der Waals surface area contributed by atoms with Crippen LogP contribution < -0.4 is 0 Å².